The summed E-state index contributed by atoms with van der Waals surface area (Å²) < 4.78 is 5.60. The summed E-state index contributed by atoms with van der Waals surface area (Å²) in [6.45, 7) is 9.33. The van der Waals surface area contributed by atoms with Crippen molar-refractivity contribution >= 4 is 5.97 Å². The van der Waals surface area contributed by atoms with Gasteiger partial charge in [-0.3, -0.25) is 4.79 Å². The molecular weight excluding hydrogens is 314 g/mol. The third-order valence-electron chi connectivity index (χ3n) is 4.19. The van der Waals surface area contributed by atoms with Crippen molar-refractivity contribution in [3.63, 3.8) is 0 Å². The normalized spacial score (nSPS) is 11.0. The van der Waals surface area contributed by atoms with Crippen LogP contribution < -0.4 is 0 Å². The Hall–Kier alpha value is 0.0934. The quantitative estimate of drug-likeness (QED) is 0.235. The monoisotopic (exact) mass is 348 g/mol. The summed E-state index contributed by atoms with van der Waals surface area (Å²) in [6.07, 6.45) is 12.0. The van der Waals surface area contributed by atoms with Gasteiger partial charge in [0.05, 0.1) is 12.0 Å². The summed E-state index contributed by atoms with van der Waals surface area (Å²) in [4.78, 5) is 12.6. The molecule has 0 aliphatic heterocycles. The maximum Gasteiger partial charge on any atom is 0.312 e. The van der Waals surface area contributed by atoms with Crippen LogP contribution in [0.3, 0.4) is 0 Å². The molecule has 122 valence electrons. The van der Waals surface area contributed by atoms with Crippen LogP contribution in [-0.2, 0) is 29.0 Å². The third kappa shape index (κ3) is 9.66. The van der Waals surface area contributed by atoms with E-state index in [1.807, 2.05) is 0 Å². The molecule has 0 unspecified atom stereocenters. The number of hydrogen-bond acceptors (Lipinski definition) is 2. The van der Waals surface area contributed by atoms with Gasteiger partial charge in [0.15, 0.2) is 0 Å². The molecule has 0 bridgehead atoms. The van der Waals surface area contributed by atoms with Crippen LogP contribution >= 0.6 is 0 Å². The Balaban J connectivity index is 0. The average molecular weight is 350 g/mol. The van der Waals surface area contributed by atoms with Crippen molar-refractivity contribution in [1.29, 1.82) is 0 Å². The predicted octanol–water partition coefficient (Wildman–Crippen LogP) is 5.88. The zero-order valence-electron chi connectivity index (χ0n) is 15.0. The molecule has 0 aromatic heterocycles. The molecule has 0 atom stereocenters. The zero-order chi connectivity index (χ0) is 15.3. The molecule has 0 saturated heterocycles. The summed E-state index contributed by atoms with van der Waals surface area (Å²) in [5.41, 5.74) is -0.199. The van der Waals surface area contributed by atoms with Gasteiger partial charge in [0.1, 0.15) is 0 Å². The molecule has 0 aromatic rings. The number of rotatable bonds is 13. The summed E-state index contributed by atoms with van der Waals surface area (Å²) in [7, 11) is 0. The van der Waals surface area contributed by atoms with Crippen molar-refractivity contribution in [3.05, 3.63) is 0 Å². The first kappa shape index (κ1) is 23.4. The Kier molecular flexibility index (Phi) is 16.7. The molecule has 21 heavy (non-hydrogen) atoms. The summed E-state index contributed by atoms with van der Waals surface area (Å²) >= 11 is 0. The van der Waals surface area contributed by atoms with Crippen molar-refractivity contribution in [2.75, 3.05) is 6.61 Å². The number of carbonyl (C=O) groups is 1. The van der Waals surface area contributed by atoms with Gasteiger partial charge in [-0.15, -0.1) is 0 Å². The standard InChI is InChI=1S/C18H36O2.Zn/c1-5-9-13-18(14-10-6-2,15-11-7-3)17(19)20-16-12-8-4;/h5-16H2,1-4H3;. The molecule has 0 heterocycles. The van der Waals surface area contributed by atoms with Gasteiger partial charge in [0, 0.05) is 19.5 Å². The fourth-order valence-corrected chi connectivity index (χ4v) is 2.69. The molecule has 0 aromatic carbocycles. The van der Waals surface area contributed by atoms with E-state index >= 15 is 0 Å². The number of unbranched alkanes of at least 4 members (excludes halogenated alkanes) is 4. The number of esters is 1. The molecule has 0 aliphatic carbocycles. The van der Waals surface area contributed by atoms with E-state index < -0.39 is 0 Å². The largest absolute Gasteiger partial charge is 0.465 e. The van der Waals surface area contributed by atoms with Crippen LogP contribution in [0.5, 0.6) is 0 Å². The number of ether oxygens (including phenoxy) is 1. The minimum atomic E-state index is -0.199. The number of hydrogen-bond donors (Lipinski definition) is 0. The second kappa shape index (κ2) is 15.0. The molecule has 3 heteroatoms. The molecule has 0 amide bonds. The van der Waals surface area contributed by atoms with Gasteiger partial charge in [-0.05, 0) is 25.7 Å². The first-order valence-electron chi connectivity index (χ1n) is 8.84. The molecule has 0 fully saturated rings. The van der Waals surface area contributed by atoms with Crippen LogP contribution in [0.25, 0.3) is 0 Å². The van der Waals surface area contributed by atoms with Crippen LogP contribution in [0.2, 0.25) is 0 Å². The van der Waals surface area contributed by atoms with Crippen molar-refractivity contribution in [2.45, 2.75) is 98.3 Å². The van der Waals surface area contributed by atoms with E-state index in [2.05, 4.69) is 27.7 Å². The van der Waals surface area contributed by atoms with Crippen LogP contribution in [0.1, 0.15) is 98.3 Å². The Labute approximate surface area is 145 Å². The van der Waals surface area contributed by atoms with Gasteiger partial charge in [-0.2, -0.15) is 0 Å². The van der Waals surface area contributed by atoms with E-state index in [4.69, 9.17) is 4.74 Å². The van der Waals surface area contributed by atoms with E-state index in [1.54, 1.807) is 0 Å². The fraction of sp³-hybridized carbons (Fsp3) is 0.944. The smallest absolute Gasteiger partial charge is 0.312 e. The van der Waals surface area contributed by atoms with Crippen LogP contribution in [-0.4, -0.2) is 12.6 Å². The van der Waals surface area contributed by atoms with Crippen LogP contribution in [0, 0.1) is 5.41 Å². The minimum absolute atomic E-state index is 0. The Morgan fingerprint density at radius 3 is 1.48 bits per heavy atom. The van der Waals surface area contributed by atoms with Gasteiger partial charge in [-0.25, -0.2) is 0 Å². The second-order valence-corrected chi connectivity index (χ2v) is 6.08. The summed E-state index contributed by atoms with van der Waals surface area (Å²) in [5.74, 6) is 0.0845. The van der Waals surface area contributed by atoms with E-state index in [-0.39, 0.29) is 30.9 Å². The number of carbonyl (C=O) groups excluding carboxylic acids is 1. The van der Waals surface area contributed by atoms with Gasteiger partial charge in [0.25, 0.3) is 0 Å². The van der Waals surface area contributed by atoms with Crippen molar-refractivity contribution in [2.24, 2.45) is 5.41 Å². The van der Waals surface area contributed by atoms with E-state index in [1.165, 1.54) is 0 Å². The molecule has 2 nitrogen and oxygen atoms in total. The van der Waals surface area contributed by atoms with E-state index in [9.17, 15) is 4.79 Å². The second-order valence-electron chi connectivity index (χ2n) is 6.08. The molecule has 0 rings (SSSR count). The van der Waals surface area contributed by atoms with Crippen LogP contribution in [0.4, 0.5) is 0 Å². The SMILES string of the molecule is CCCCOC(=O)C(CCCC)(CCCC)CCCC.[Zn]. The summed E-state index contributed by atoms with van der Waals surface area (Å²) in [5, 5.41) is 0. The van der Waals surface area contributed by atoms with Crippen molar-refractivity contribution in [3.8, 4) is 0 Å². The van der Waals surface area contributed by atoms with Gasteiger partial charge >= 0.3 is 5.97 Å². The maximum absolute atomic E-state index is 12.6. The third-order valence-corrected chi connectivity index (χ3v) is 4.19. The average Bonchev–Trinajstić information content (AvgIpc) is 2.47. The first-order valence-corrected chi connectivity index (χ1v) is 8.84. The van der Waals surface area contributed by atoms with Crippen molar-refractivity contribution in [1.82, 2.24) is 0 Å². The first-order chi connectivity index (χ1) is 9.66. The Morgan fingerprint density at radius 1 is 0.762 bits per heavy atom. The van der Waals surface area contributed by atoms with Crippen LogP contribution in [0.15, 0.2) is 0 Å². The molecule has 0 spiro atoms. The fourth-order valence-electron chi connectivity index (χ4n) is 2.69. The topological polar surface area (TPSA) is 26.3 Å². The summed E-state index contributed by atoms with van der Waals surface area (Å²) in [6, 6.07) is 0. The molecule has 0 saturated carbocycles. The molecule has 0 aliphatic rings. The Bertz CT molecular complexity index is 220. The van der Waals surface area contributed by atoms with E-state index in [0.717, 1.165) is 70.6 Å². The minimum Gasteiger partial charge on any atom is -0.465 e. The predicted molar refractivity (Wildman–Crippen MR) is 86.9 cm³/mol. The molecule has 0 radical (unpaired) electrons. The van der Waals surface area contributed by atoms with Gasteiger partial charge in [-0.1, -0.05) is 72.6 Å². The molecule has 0 N–H and O–H groups in total. The molecular formula is C18H36O2Zn. The van der Waals surface area contributed by atoms with Crippen molar-refractivity contribution < 1.29 is 29.0 Å². The van der Waals surface area contributed by atoms with Gasteiger partial charge in [0.2, 0.25) is 0 Å². The van der Waals surface area contributed by atoms with Gasteiger partial charge < -0.3 is 4.74 Å². The maximum atomic E-state index is 12.6. The Morgan fingerprint density at radius 2 is 1.14 bits per heavy atom. The van der Waals surface area contributed by atoms with E-state index in [0.29, 0.717) is 6.61 Å². The zero-order valence-corrected chi connectivity index (χ0v) is 18.0.